The average Bonchev–Trinajstić information content (AvgIpc) is 2.70. The van der Waals surface area contributed by atoms with Crippen LogP contribution >= 0.6 is 12.6 Å². The second-order valence-electron chi connectivity index (χ2n) is 6.60. The minimum atomic E-state index is -0.543. The fraction of sp³-hybridized carbons (Fsp3) is 0.182. The van der Waals surface area contributed by atoms with Crippen LogP contribution in [0, 0.1) is 0 Å². The van der Waals surface area contributed by atoms with Gasteiger partial charge in [-0.2, -0.15) is 0 Å². The number of rotatable bonds is 6. The molecule has 0 bridgehead atoms. The monoisotopic (exact) mass is 409 g/mol. The molecule has 3 N–H and O–H groups in total. The summed E-state index contributed by atoms with van der Waals surface area (Å²) in [5, 5.41) is 15.2. The quantitative estimate of drug-likeness (QED) is 0.435. The van der Waals surface area contributed by atoms with Gasteiger partial charge in [0.25, 0.3) is 5.56 Å². The zero-order valence-electron chi connectivity index (χ0n) is 16.1. The van der Waals surface area contributed by atoms with Crippen LogP contribution in [0.1, 0.15) is 19.8 Å². The minimum Gasteiger partial charge on any atom is -0.508 e. The normalized spacial score (nSPS) is 10.6. The van der Waals surface area contributed by atoms with Crippen molar-refractivity contribution < 1.29 is 9.90 Å². The number of phenols is 1. The highest BCUT2D eigenvalue weighted by atomic mass is 32.1. The first-order valence-electron chi connectivity index (χ1n) is 9.38. The summed E-state index contributed by atoms with van der Waals surface area (Å²) in [6.07, 6.45) is 3.51. The van der Waals surface area contributed by atoms with Crippen molar-refractivity contribution in [2.75, 3.05) is 10.6 Å². The maximum atomic E-state index is 13.1. The Morgan fingerprint density at radius 1 is 1.10 bits per heavy atom. The first kappa shape index (κ1) is 20.5. The minimum absolute atomic E-state index is 0.0806. The lowest BCUT2D eigenvalue weighted by Gasteiger charge is -2.15. The summed E-state index contributed by atoms with van der Waals surface area (Å²) in [7, 11) is 0. The van der Waals surface area contributed by atoms with E-state index in [1.54, 1.807) is 59.3 Å². The van der Waals surface area contributed by atoms with Crippen molar-refractivity contribution in [2.24, 2.45) is 0 Å². The number of unbranched alkanes of at least 4 members (excludes halogenated alkanes) is 1. The number of thiol groups is 1. The van der Waals surface area contributed by atoms with Crippen LogP contribution in [0.4, 0.5) is 16.2 Å². The molecule has 150 valence electrons. The molecule has 0 aliphatic heterocycles. The lowest BCUT2D eigenvalue weighted by Crippen LogP contribution is -2.29. The van der Waals surface area contributed by atoms with Gasteiger partial charge < -0.3 is 20.3 Å². The summed E-state index contributed by atoms with van der Waals surface area (Å²) in [5.41, 5.74) is 1.56. The van der Waals surface area contributed by atoms with E-state index >= 15 is 0 Å². The number of phenolic OH excluding ortho intramolecular Hbond substituents is 1. The zero-order valence-corrected chi connectivity index (χ0v) is 16.9. The second-order valence-corrected chi connectivity index (χ2v) is 7.08. The molecule has 0 aliphatic rings. The number of pyridine rings is 1. The number of amides is 2. The smallest absolute Gasteiger partial charge is 0.323 e. The number of anilines is 2. The Morgan fingerprint density at radius 2 is 1.90 bits per heavy atom. The number of hydrogen-bond acceptors (Lipinski definition) is 4. The van der Waals surface area contributed by atoms with Gasteiger partial charge >= 0.3 is 6.03 Å². The fourth-order valence-corrected chi connectivity index (χ4v) is 3.18. The SMILES string of the molecule is CCCCn1ccc(-c2cccc(O)c2)c(NC(=O)Nc2ccccc2S)c1=O. The zero-order chi connectivity index (χ0) is 20.8. The molecule has 0 saturated heterocycles. The molecular formula is C22H23N3O3S. The molecule has 7 heteroatoms. The molecule has 0 radical (unpaired) electrons. The molecule has 3 rings (SSSR count). The molecule has 0 fully saturated rings. The summed E-state index contributed by atoms with van der Waals surface area (Å²) < 4.78 is 1.58. The number of aromatic nitrogens is 1. The summed E-state index contributed by atoms with van der Waals surface area (Å²) in [5.74, 6) is 0.0806. The van der Waals surface area contributed by atoms with Crippen LogP contribution in [0.2, 0.25) is 0 Å². The van der Waals surface area contributed by atoms with Crippen molar-refractivity contribution in [3.05, 3.63) is 71.1 Å². The largest absolute Gasteiger partial charge is 0.508 e. The van der Waals surface area contributed by atoms with E-state index in [-0.39, 0.29) is 17.0 Å². The predicted molar refractivity (Wildman–Crippen MR) is 119 cm³/mol. The van der Waals surface area contributed by atoms with Crippen molar-refractivity contribution in [1.82, 2.24) is 4.57 Å². The number of carbonyl (C=O) groups is 1. The predicted octanol–water partition coefficient (Wildman–Crippen LogP) is 4.95. The topological polar surface area (TPSA) is 83.4 Å². The van der Waals surface area contributed by atoms with E-state index in [9.17, 15) is 14.7 Å². The van der Waals surface area contributed by atoms with E-state index in [1.807, 2.05) is 13.0 Å². The van der Waals surface area contributed by atoms with Crippen LogP contribution in [-0.2, 0) is 6.54 Å². The van der Waals surface area contributed by atoms with E-state index in [0.717, 1.165) is 12.8 Å². The first-order valence-corrected chi connectivity index (χ1v) is 9.83. The van der Waals surface area contributed by atoms with Gasteiger partial charge in [0.15, 0.2) is 0 Å². The molecule has 29 heavy (non-hydrogen) atoms. The Bertz CT molecular complexity index is 1080. The van der Waals surface area contributed by atoms with Gasteiger partial charge in [0.05, 0.1) is 5.69 Å². The third-order valence-corrected chi connectivity index (χ3v) is 4.86. The van der Waals surface area contributed by atoms with Gasteiger partial charge in [-0.05, 0) is 42.3 Å². The molecule has 0 aliphatic carbocycles. The van der Waals surface area contributed by atoms with Crippen molar-refractivity contribution >= 4 is 30.0 Å². The Balaban J connectivity index is 1.98. The molecule has 0 saturated carbocycles. The average molecular weight is 410 g/mol. The summed E-state index contributed by atoms with van der Waals surface area (Å²) >= 11 is 4.33. The Morgan fingerprint density at radius 3 is 2.62 bits per heavy atom. The van der Waals surface area contributed by atoms with Crippen LogP contribution in [0.5, 0.6) is 5.75 Å². The number of benzene rings is 2. The number of hydrogen-bond donors (Lipinski definition) is 4. The lowest BCUT2D eigenvalue weighted by molar-refractivity contribution is 0.262. The highest BCUT2D eigenvalue weighted by molar-refractivity contribution is 7.80. The lowest BCUT2D eigenvalue weighted by atomic mass is 10.0. The molecule has 2 aromatic carbocycles. The third-order valence-electron chi connectivity index (χ3n) is 4.47. The molecule has 3 aromatic rings. The van der Waals surface area contributed by atoms with Gasteiger partial charge in [0, 0.05) is 23.2 Å². The summed E-state index contributed by atoms with van der Waals surface area (Å²) in [4.78, 5) is 26.3. The summed E-state index contributed by atoms with van der Waals surface area (Å²) in [6.45, 7) is 2.61. The van der Waals surface area contributed by atoms with Crippen molar-refractivity contribution in [1.29, 1.82) is 0 Å². The molecular weight excluding hydrogens is 386 g/mol. The van der Waals surface area contributed by atoms with Crippen molar-refractivity contribution in [2.45, 2.75) is 31.2 Å². The van der Waals surface area contributed by atoms with E-state index < -0.39 is 6.03 Å². The number of para-hydroxylation sites is 1. The van der Waals surface area contributed by atoms with Crippen LogP contribution < -0.4 is 16.2 Å². The van der Waals surface area contributed by atoms with Gasteiger partial charge in [0.2, 0.25) is 0 Å². The van der Waals surface area contributed by atoms with Gasteiger partial charge in [-0.15, -0.1) is 12.6 Å². The maximum Gasteiger partial charge on any atom is 0.323 e. The molecule has 1 aromatic heterocycles. The molecule has 2 amide bonds. The Kier molecular flexibility index (Phi) is 6.61. The second kappa shape index (κ2) is 9.34. The van der Waals surface area contributed by atoms with Crippen LogP contribution in [0.15, 0.2) is 70.5 Å². The van der Waals surface area contributed by atoms with E-state index in [0.29, 0.717) is 28.3 Å². The standard InChI is InChI=1S/C22H23N3O3S/c1-2-3-12-25-13-11-17(15-7-6-8-16(26)14-15)20(21(25)27)24-22(28)23-18-9-4-5-10-19(18)29/h4-11,13-14,26,29H,2-3,12H2,1H3,(H2,23,24,28). The Hall–Kier alpha value is -3.19. The van der Waals surface area contributed by atoms with Crippen molar-refractivity contribution in [3.8, 4) is 16.9 Å². The first-order chi connectivity index (χ1) is 14.0. The van der Waals surface area contributed by atoms with E-state index in [1.165, 1.54) is 0 Å². The van der Waals surface area contributed by atoms with Crippen LogP contribution in [-0.4, -0.2) is 15.7 Å². The van der Waals surface area contributed by atoms with Gasteiger partial charge in [-0.25, -0.2) is 4.79 Å². The van der Waals surface area contributed by atoms with Crippen molar-refractivity contribution in [3.63, 3.8) is 0 Å². The highest BCUT2D eigenvalue weighted by Gasteiger charge is 2.16. The number of carbonyl (C=O) groups excluding carboxylic acids is 1. The van der Waals surface area contributed by atoms with E-state index in [4.69, 9.17) is 0 Å². The molecule has 0 spiro atoms. The van der Waals surface area contributed by atoms with Gasteiger partial charge in [0.1, 0.15) is 11.4 Å². The summed E-state index contributed by atoms with van der Waals surface area (Å²) in [6, 6.07) is 14.9. The van der Waals surface area contributed by atoms with Crippen LogP contribution in [0.3, 0.4) is 0 Å². The number of nitrogens with zero attached hydrogens (tertiary/aromatic N) is 1. The van der Waals surface area contributed by atoms with Gasteiger partial charge in [-0.3, -0.25) is 4.79 Å². The number of aryl methyl sites for hydroxylation is 1. The maximum absolute atomic E-state index is 13.1. The molecule has 0 atom stereocenters. The highest BCUT2D eigenvalue weighted by Crippen LogP contribution is 2.28. The van der Waals surface area contributed by atoms with Crippen LogP contribution in [0.25, 0.3) is 11.1 Å². The van der Waals surface area contributed by atoms with Gasteiger partial charge in [-0.1, -0.05) is 37.6 Å². The number of urea groups is 1. The Labute approximate surface area is 174 Å². The fourth-order valence-electron chi connectivity index (χ4n) is 2.96. The molecule has 6 nitrogen and oxygen atoms in total. The third kappa shape index (κ3) is 5.00. The number of aromatic hydroxyl groups is 1. The molecule has 1 heterocycles. The number of nitrogens with one attached hydrogen (secondary N) is 2. The molecule has 0 unspecified atom stereocenters. The van der Waals surface area contributed by atoms with E-state index in [2.05, 4.69) is 23.3 Å².